The van der Waals surface area contributed by atoms with Crippen LogP contribution in [0.25, 0.3) is 0 Å². The van der Waals surface area contributed by atoms with Gasteiger partial charge in [-0.25, -0.2) is 4.39 Å². The molecule has 1 unspecified atom stereocenters. The van der Waals surface area contributed by atoms with Gasteiger partial charge in [-0.1, -0.05) is 18.2 Å². The molecule has 0 bridgehead atoms. The number of benzene rings is 1. The molecule has 0 saturated carbocycles. The summed E-state index contributed by atoms with van der Waals surface area (Å²) in [6, 6.07) is 6.66. The van der Waals surface area contributed by atoms with Crippen LogP contribution >= 0.6 is 0 Å². The Morgan fingerprint density at radius 3 is 2.93 bits per heavy atom. The first-order chi connectivity index (χ1) is 6.76. The minimum atomic E-state index is -0.211. The van der Waals surface area contributed by atoms with E-state index >= 15 is 0 Å². The third kappa shape index (κ3) is 3.28. The van der Waals surface area contributed by atoms with Gasteiger partial charge in [0.05, 0.1) is 0 Å². The van der Waals surface area contributed by atoms with Crippen molar-refractivity contribution < 1.29 is 4.39 Å². The Hall–Kier alpha value is -1.19. The van der Waals surface area contributed by atoms with E-state index in [1.165, 1.54) is 12.1 Å². The second-order valence-corrected chi connectivity index (χ2v) is 3.22. The van der Waals surface area contributed by atoms with E-state index in [1.807, 2.05) is 6.07 Å². The highest BCUT2D eigenvalue weighted by molar-refractivity contribution is 5.17. The summed E-state index contributed by atoms with van der Waals surface area (Å²) in [6.07, 6.45) is 3.27. The van der Waals surface area contributed by atoms with Gasteiger partial charge in [-0.05, 0) is 30.5 Å². The van der Waals surface area contributed by atoms with Crippen molar-refractivity contribution in [2.75, 3.05) is 0 Å². The number of nitrogens with one attached hydrogen (secondary N) is 1. The standard InChI is InChI=1S/C11H15FN2/c1-2-4-11(14-13)8-9-5-3-6-10(12)7-9/h2-3,5-7,11,14H,1,4,8,13H2. The molecule has 0 aliphatic rings. The second-order valence-electron chi connectivity index (χ2n) is 3.22. The van der Waals surface area contributed by atoms with Gasteiger partial charge in [-0.15, -0.1) is 6.58 Å². The highest BCUT2D eigenvalue weighted by atomic mass is 19.1. The lowest BCUT2D eigenvalue weighted by Crippen LogP contribution is -2.36. The molecule has 0 amide bonds. The maximum Gasteiger partial charge on any atom is 0.123 e. The minimum absolute atomic E-state index is 0.120. The molecule has 3 N–H and O–H groups in total. The number of halogens is 1. The summed E-state index contributed by atoms with van der Waals surface area (Å²) in [6.45, 7) is 3.64. The second kappa shape index (κ2) is 5.52. The van der Waals surface area contributed by atoms with Gasteiger partial charge in [0.1, 0.15) is 5.82 Å². The van der Waals surface area contributed by atoms with Gasteiger partial charge in [0.15, 0.2) is 0 Å². The molecule has 0 heterocycles. The molecular weight excluding hydrogens is 179 g/mol. The first kappa shape index (κ1) is 10.9. The molecule has 1 rings (SSSR count). The molecular formula is C11H15FN2. The maximum atomic E-state index is 12.8. The van der Waals surface area contributed by atoms with E-state index in [0.29, 0.717) is 6.42 Å². The highest BCUT2D eigenvalue weighted by Gasteiger charge is 2.05. The Morgan fingerprint density at radius 1 is 1.57 bits per heavy atom. The summed E-state index contributed by atoms with van der Waals surface area (Å²) in [4.78, 5) is 0. The zero-order valence-corrected chi connectivity index (χ0v) is 8.04. The van der Waals surface area contributed by atoms with Crippen LogP contribution in [0.3, 0.4) is 0 Å². The average Bonchev–Trinajstić information content (AvgIpc) is 2.17. The van der Waals surface area contributed by atoms with E-state index < -0.39 is 0 Å². The van der Waals surface area contributed by atoms with Gasteiger partial charge in [0.25, 0.3) is 0 Å². The highest BCUT2D eigenvalue weighted by Crippen LogP contribution is 2.08. The van der Waals surface area contributed by atoms with Gasteiger partial charge >= 0.3 is 0 Å². The number of hydrogen-bond acceptors (Lipinski definition) is 2. The molecule has 0 aliphatic heterocycles. The minimum Gasteiger partial charge on any atom is -0.271 e. The molecule has 14 heavy (non-hydrogen) atoms. The number of nitrogens with two attached hydrogens (primary N) is 1. The predicted molar refractivity (Wildman–Crippen MR) is 56.0 cm³/mol. The lowest BCUT2D eigenvalue weighted by molar-refractivity contribution is 0.528. The average molecular weight is 194 g/mol. The number of rotatable bonds is 5. The summed E-state index contributed by atoms with van der Waals surface area (Å²) in [5, 5.41) is 0. The van der Waals surface area contributed by atoms with Crippen LogP contribution in [0.15, 0.2) is 36.9 Å². The van der Waals surface area contributed by atoms with Crippen LogP contribution < -0.4 is 11.3 Å². The fourth-order valence-corrected chi connectivity index (χ4v) is 1.36. The third-order valence-electron chi connectivity index (χ3n) is 2.06. The summed E-state index contributed by atoms with van der Waals surface area (Å²) in [5.41, 5.74) is 3.62. The Labute approximate surface area is 83.6 Å². The molecule has 76 valence electrons. The van der Waals surface area contributed by atoms with Crippen molar-refractivity contribution in [1.29, 1.82) is 0 Å². The van der Waals surface area contributed by atoms with Crippen LogP contribution in [0.2, 0.25) is 0 Å². The Kier molecular flexibility index (Phi) is 4.29. The third-order valence-corrected chi connectivity index (χ3v) is 2.06. The lowest BCUT2D eigenvalue weighted by Gasteiger charge is -2.13. The molecule has 1 aromatic carbocycles. The summed E-state index contributed by atoms with van der Waals surface area (Å²) >= 11 is 0. The fraction of sp³-hybridized carbons (Fsp3) is 0.273. The largest absolute Gasteiger partial charge is 0.271 e. The molecule has 0 spiro atoms. The first-order valence-corrected chi connectivity index (χ1v) is 4.57. The molecule has 0 fully saturated rings. The molecule has 0 saturated heterocycles. The molecule has 0 radical (unpaired) electrons. The monoisotopic (exact) mass is 194 g/mol. The van der Waals surface area contributed by atoms with Crippen molar-refractivity contribution in [1.82, 2.24) is 5.43 Å². The van der Waals surface area contributed by atoms with E-state index in [1.54, 1.807) is 12.1 Å². The normalized spacial score (nSPS) is 12.4. The van der Waals surface area contributed by atoms with Crippen molar-refractivity contribution in [3.8, 4) is 0 Å². The van der Waals surface area contributed by atoms with Gasteiger partial charge < -0.3 is 0 Å². The Balaban J connectivity index is 2.61. The van der Waals surface area contributed by atoms with Gasteiger partial charge in [0.2, 0.25) is 0 Å². The number of hydrazine groups is 1. The van der Waals surface area contributed by atoms with Crippen LogP contribution in [0.4, 0.5) is 4.39 Å². The van der Waals surface area contributed by atoms with Crippen LogP contribution in [-0.4, -0.2) is 6.04 Å². The van der Waals surface area contributed by atoms with Gasteiger partial charge in [-0.2, -0.15) is 0 Å². The molecule has 0 aromatic heterocycles. The van der Waals surface area contributed by atoms with E-state index in [4.69, 9.17) is 5.84 Å². The van der Waals surface area contributed by atoms with Crippen molar-refractivity contribution in [3.63, 3.8) is 0 Å². The smallest absolute Gasteiger partial charge is 0.123 e. The molecule has 1 aromatic rings. The van der Waals surface area contributed by atoms with Crippen LogP contribution in [-0.2, 0) is 6.42 Å². The zero-order chi connectivity index (χ0) is 10.4. The molecule has 0 aliphatic carbocycles. The quantitative estimate of drug-likeness (QED) is 0.426. The zero-order valence-electron chi connectivity index (χ0n) is 8.04. The lowest BCUT2D eigenvalue weighted by atomic mass is 10.0. The van der Waals surface area contributed by atoms with E-state index in [-0.39, 0.29) is 11.9 Å². The van der Waals surface area contributed by atoms with Crippen LogP contribution in [0.1, 0.15) is 12.0 Å². The summed E-state index contributed by atoms with van der Waals surface area (Å²) in [7, 11) is 0. The Morgan fingerprint density at radius 2 is 2.36 bits per heavy atom. The van der Waals surface area contributed by atoms with E-state index in [2.05, 4.69) is 12.0 Å². The van der Waals surface area contributed by atoms with E-state index in [0.717, 1.165) is 12.0 Å². The first-order valence-electron chi connectivity index (χ1n) is 4.57. The van der Waals surface area contributed by atoms with E-state index in [9.17, 15) is 4.39 Å². The Bertz CT molecular complexity index is 299. The van der Waals surface area contributed by atoms with Gasteiger partial charge in [0, 0.05) is 6.04 Å². The van der Waals surface area contributed by atoms with Crippen molar-refractivity contribution >= 4 is 0 Å². The summed E-state index contributed by atoms with van der Waals surface area (Å²) < 4.78 is 12.8. The van der Waals surface area contributed by atoms with Crippen molar-refractivity contribution in [2.24, 2.45) is 5.84 Å². The fourth-order valence-electron chi connectivity index (χ4n) is 1.36. The van der Waals surface area contributed by atoms with Crippen LogP contribution in [0.5, 0.6) is 0 Å². The maximum absolute atomic E-state index is 12.8. The van der Waals surface area contributed by atoms with Crippen molar-refractivity contribution in [2.45, 2.75) is 18.9 Å². The van der Waals surface area contributed by atoms with Gasteiger partial charge in [-0.3, -0.25) is 11.3 Å². The topological polar surface area (TPSA) is 38.0 Å². The van der Waals surface area contributed by atoms with Crippen LogP contribution in [0, 0.1) is 5.82 Å². The summed E-state index contributed by atoms with van der Waals surface area (Å²) in [5.74, 6) is 5.14. The molecule has 3 heteroatoms. The van der Waals surface area contributed by atoms with Crippen molar-refractivity contribution in [3.05, 3.63) is 48.3 Å². The SMILES string of the molecule is C=CCC(Cc1cccc(F)c1)NN. The predicted octanol–water partition coefficient (Wildman–Crippen LogP) is 1.78. The molecule has 2 nitrogen and oxygen atoms in total. The molecule has 1 atom stereocenters. The number of hydrogen-bond donors (Lipinski definition) is 2.